The second kappa shape index (κ2) is 4.30. The molecule has 0 saturated heterocycles. The molecule has 0 aliphatic heterocycles. The van der Waals surface area contributed by atoms with Gasteiger partial charge >= 0.3 is 5.97 Å². The molecule has 2 unspecified atom stereocenters. The van der Waals surface area contributed by atoms with Gasteiger partial charge in [-0.05, 0) is 39.0 Å². The number of esters is 1. The Kier molecular flexibility index (Phi) is 3.53. The van der Waals surface area contributed by atoms with Gasteiger partial charge in [-0.3, -0.25) is 4.79 Å². The van der Waals surface area contributed by atoms with Crippen LogP contribution in [0.5, 0.6) is 0 Å². The SMILES string of the molecule is CCOC(=O)C(CC)C(C)(O)C1CC1. The summed E-state index contributed by atoms with van der Waals surface area (Å²) in [7, 11) is 0. The molecule has 0 radical (unpaired) electrons. The van der Waals surface area contributed by atoms with E-state index in [1.807, 2.05) is 6.92 Å². The molecule has 1 aliphatic carbocycles. The Balaban J connectivity index is 2.63. The van der Waals surface area contributed by atoms with Crippen molar-refractivity contribution in [3.05, 3.63) is 0 Å². The van der Waals surface area contributed by atoms with E-state index in [-0.39, 0.29) is 17.8 Å². The van der Waals surface area contributed by atoms with E-state index in [0.717, 1.165) is 12.8 Å². The van der Waals surface area contributed by atoms with Crippen LogP contribution in [-0.2, 0) is 9.53 Å². The van der Waals surface area contributed by atoms with Crippen molar-refractivity contribution in [2.24, 2.45) is 11.8 Å². The molecular formula is C11H20O3. The van der Waals surface area contributed by atoms with E-state index < -0.39 is 5.60 Å². The third-order valence-electron chi connectivity index (χ3n) is 3.09. The molecule has 0 spiro atoms. The highest BCUT2D eigenvalue weighted by Gasteiger charge is 2.48. The van der Waals surface area contributed by atoms with Gasteiger partial charge in [0.2, 0.25) is 0 Å². The fourth-order valence-corrected chi connectivity index (χ4v) is 2.01. The van der Waals surface area contributed by atoms with Crippen molar-refractivity contribution >= 4 is 5.97 Å². The number of hydrogen-bond acceptors (Lipinski definition) is 3. The average molecular weight is 200 g/mol. The van der Waals surface area contributed by atoms with Crippen molar-refractivity contribution in [1.82, 2.24) is 0 Å². The maximum absolute atomic E-state index is 11.6. The monoisotopic (exact) mass is 200 g/mol. The van der Waals surface area contributed by atoms with Gasteiger partial charge in [0, 0.05) is 0 Å². The van der Waals surface area contributed by atoms with E-state index in [0.29, 0.717) is 13.0 Å². The Morgan fingerprint density at radius 1 is 1.57 bits per heavy atom. The number of carbonyl (C=O) groups is 1. The molecule has 1 N–H and O–H groups in total. The van der Waals surface area contributed by atoms with E-state index in [2.05, 4.69) is 0 Å². The molecule has 14 heavy (non-hydrogen) atoms. The number of hydrogen-bond donors (Lipinski definition) is 1. The van der Waals surface area contributed by atoms with Crippen molar-refractivity contribution < 1.29 is 14.6 Å². The zero-order valence-electron chi connectivity index (χ0n) is 9.25. The van der Waals surface area contributed by atoms with Crippen LogP contribution in [0.15, 0.2) is 0 Å². The first-order valence-electron chi connectivity index (χ1n) is 5.43. The summed E-state index contributed by atoms with van der Waals surface area (Å²) in [6, 6.07) is 0. The van der Waals surface area contributed by atoms with Crippen LogP contribution in [0.2, 0.25) is 0 Å². The highest BCUT2D eigenvalue weighted by Crippen LogP contribution is 2.44. The van der Waals surface area contributed by atoms with E-state index in [9.17, 15) is 9.90 Å². The minimum Gasteiger partial charge on any atom is -0.466 e. The fourth-order valence-electron chi connectivity index (χ4n) is 2.01. The Labute approximate surface area is 85.5 Å². The Bertz CT molecular complexity index is 207. The van der Waals surface area contributed by atoms with Crippen LogP contribution in [-0.4, -0.2) is 23.3 Å². The van der Waals surface area contributed by atoms with Crippen molar-refractivity contribution in [2.45, 2.75) is 45.6 Å². The summed E-state index contributed by atoms with van der Waals surface area (Å²) in [6.07, 6.45) is 2.70. The van der Waals surface area contributed by atoms with Crippen LogP contribution in [0.25, 0.3) is 0 Å². The normalized spacial score (nSPS) is 22.6. The third-order valence-corrected chi connectivity index (χ3v) is 3.09. The Morgan fingerprint density at radius 3 is 2.50 bits per heavy atom. The molecule has 3 nitrogen and oxygen atoms in total. The summed E-state index contributed by atoms with van der Waals surface area (Å²) < 4.78 is 4.96. The number of aliphatic hydroxyl groups is 1. The summed E-state index contributed by atoms with van der Waals surface area (Å²) >= 11 is 0. The summed E-state index contributed by atoms with van der Waals surface area (Å²) in [5.41, 5.74) is -0.874. The van der Waals surface area contributed by atoms with Gasteiger partial charge in [0.05, 0.1) is 18.1 Å². The van der Waals surface area contributed by atoms with E-state index in [1.54, 1.807) is 13.8 Å². The molecule has 0 aromatic carbocycles. The molecule has 2 atom stereocenters. The second-order valence-electron chi connectivity index (χ2n) is 4.21. The maximum atomic E-state index is 11.6. The van der Waals surface area contributed by atoms with Gasteiger partial charge < -0.3 is 9.84 Å². The molecule has 0 aromatic rings. The third kappa shape index (κ3) is 2.27. The van der Waals surface area contributed by atoms with Gasteiger partial charge in [0.1, 0.15) is 0 Å². The van der Waals surface area contributed by atoms with Crippen molar-refractivity contribution in [3.8, 4) is 0 Å². The minimum atomic E-state index is -0.874. The molecule has 0 bridgehead atoms. The molecule has 1 aliphatic rings. The molecule has 0 heterocycles. The van der Waals surface area contributed by atoms with Gasteiger partial charge in [0.25, 0.3) is 0 Å². The number of carbonyl (C=O) groups excluding carboxylic acids is 1. The van der Waals surface area contributed by atoms with Gasteiger partial charge in [-0.1, -0.05) is 6.92 Å². The standard InChI is InChI=1S/C11H20O3/c1-4-9(10(12)14-5-2)11(3,13)8-6-7-8/h8-9,13H,4-7H2,1-3H3. The second-order valence-corrected chi connectivity index (χ2v) is 4.21. The maximum Gasteiger partial charge on any atom is 0.311 e. The quantitative estimate of drug-likeness (QED) is 0.687. The summed E-state index contributed by atoms with van der Waals surface area (Å²) in [5.74, 6) is -0.335. The Hall–Kier alpha value is -0.570. The minimum absolute atomic E-state index is 0.257. The highest BCUT2D eigenvalue weighted by atomic mass is 16.5. The topological polar surface area (TPSA) is 46.5 Å². The molecule has 1 fully saturated rings. The Morgan fingerprint density at radius 2 is 2.14 bits per heavy atom. The highest BCUT2D eigenvalue weighted by molar-refractivity contribution is 5.73. The van der Waals surface area contributed by atoms with Gasteiger partial charge in [-0.15, -0.1) is 0 Å². The van der Waals surface area contributed by atoms with Crippen molar-refractivity contribution in [1.29, 1.82) is 0 Å². The predicted molar refractivity (Wildman–Crippen MR) is 53.8 cm³/mol. The van der Waals surface area contributed by atoms with Gasteiger partial charge in [0.15, 0.2) is 0 Å². The van der Waals surface area contributed by atoms with Crippen LogP contribution in [0.4, 0.5) is 0 Å². The van der Waals surface area contributed by atoms with E-state index in [1.165, 1.54) is 0 Å². The molecular weight excluding hydrogens is 180 g/mol. The molecule has 3 heteroatoms. The lowest BCUT2D eigenvalue weighted by molar-refractivity contribution is -0.159. The summed E-state index contributed by atoms with van der Waals surface area (Å²) in [4.78, 5) is 11.6. The van der Waals surface area contributed by atoms with Crippen LogP contribution in [0.1, 0.15) is 40.0 Å². The first-order chi connectivity index (χ1) is 6.54. The summed E-state index contributed by atoms with van der Waals surface area (Å²) in [6.45, 7) is 5.85. The van der Waals surface area contributed by atoms with E-state index >= 15 is 0 Å². The molecule has 82 valence electrons. The van der Waals surface area contributed by atoms with E-state index in [4.69, 9.17) is 4.74 Å². The number of ether oxygens (including phenoxy) is 1. The zero-order chi connectivity index (χ0) is 10.8. The lowest BCUT2D eigenvalue weighted by Gasteiger charge is -2.30. The fraction of sp³-hybridized carbons (Fsp3) is 0.909. The molecule has 0 amide bonds. The predicted octanol–water partition coefficient (Wildman–Crippen LogP) is 1.74. The van der Waals surface area contributed by atoms with Gasteiger partial charge in [-0.25, -0.2) is 0 Å². The molecule has 1 saturated carbocycles. The van der Waals surface area contributed by atoms with Crippen LogP contribution in [0.3, 0.4) is 0 Å². The summed E-state index contributed by atoms with van der Waals surface area (Å²) in [5, 5.41) is 10.2. The largest absolute Gasteiger partial charge is 0.466 e. The van der Waals surface area contributed by atoms with Crippen molar-refractivity contribution in [3.63, 3.8) is 0 Å². The first kappa shape index (κ1) is 11.5. The molecule has 0 aromatic heterocycles. The van der Waals surface area contributed by atoms with Crippen molar-refractivity contribution in [2.75, 3.05) is 6.61 Å². The van der Waals surface area contributed by atoms with Crippen LogP contribution < -0.4 is 0 Å². The smallest absolute Gasteiger partial charge is 0.311 e. The van der Waals surface area contributed by atoms with Crippen LogP contribution >= 0.6 is 0 Å². The zero-order valence-corrected chi connectivity index (χ0v) is 9.25. The molecule has 1 rings (SSSR count). The average Bonchev–Trinajstić information content (AvgIpc) is 2.86. The first-order valence-corrected chi connectivity index (χ1v) is 5.43. The van der Waals surface area contributed by atoms with Crippen LogP contribution in [0, 0.1) is 11.8 Å². The van der Waals surface area contributed by atoms with Gasteiger partial charge in [-0.2, -0.15) is 0 Å². The lowest BCUT2D eigenvalue weighted by atomic mass is 9.83. The lowest BCUT2D eigenvalue weighted by Crippen LogP contribution is -2.42. The number of rotatable bonds is 5.